The molecule has 0 N–H and O–H groups in total. The van der Waals surface area contributed by atoms with Crippen LogP contribution in [-0.4, -0.2) is 24.1 Å². The number of ether oxygens (including phenoxy) is 1. The Balaban J connectivity index is 1.94. The molecular weight excluding hydrogens is 178 g/mol. The van der Waals surface area contributed by atoms with Gasteiger partial charge in [-0.1, -0.05) is 12.1 Å². The van der Waals surface area contributed by atoms with Crippen molar-refractivity contribution in [1.29, 1.82) is 0 Å². The van der Waals surface area contributed by atoms with Crippen molar-refractivity contribution in [3.63, 3.8) is 0 Å². The Bertz CT molecular complexity index is 304. The highest BCUT2D eigenvalue weighted by Crippen LogP contribution is 2.13. The Hall–Kier alpha value is -1.51. The lowest BCUT2D eigenvalue weighted by Crippen LogP contribution is -2.30. The van der Waals surface area contributed by atoms with Crippen LogP contribution in [0, 0.1) is 6.07 Å². The van der Waals surface area contributed by atoms with Crippen molar-refractivity contribution < 1.29 is 9.53 Å². The standard InChI is InChI=1S/C11H12NO2/c13-11(12-8-4-5-9-12)14-10-6-2-1-3-7-10/h1-2,6-7H,4-5,8-9H2. The molecule has 1 aliphatic heterocycles. The van der Waals surface area contributed by atoms with E-state index in [2.05, 4.69) is 6.07 Å². The monoisotopic (exact) mass is 190 g/mol. The van der Waals surface area contributed by atoms with Crippen LogP contribution in [0.1, 0.15) is 12.8 Å². The molecule has 0 saturated carbocycles. The third-order valence-corrected chi connectivity index (χ3v) is 2.25. The largest absolute Gasteiger partial charge is 0.415 e. The van der Waals surface area contributed by atoms with Gasteiger partial charge in [-0.2, -0.15) is 0 Å². The molecule has 0 atom stereocenters. The van der Waals surface area contributed by atoms with Gasteiger partial charge in [0.05, 0.1) is 0 Å². The molecule has 1 amide bonds. The summed E-state index contributed by atoms with van der Waals surface area (Å²) in [5, 5.41) is 0. The third kappa shape index (κ3) is 2.05. The average Bonchev–Trinajstić information content (AvgIpc) is 2.72. The van der Waals surface area contributed by atoms with Crippen LogP contribution in [0.2, 0.25) is 0 Å². The van der Waals surface area contributed by atoms with Crippen molar-refractivity contribution in [2.24, 2.45) is 0 Å². The Morgan fingerprint density at radius 1 is 1.43 bits per heavy atom. The Morgan fingerprint density at radius 2 is 2.21 bits per heavy atom. The summed E-state index contributed by atoms with van der Waals surface area (Å²) in [6.45, 7) is 1.63. The van der Waals surface area contributed by atoms with Crippen molar-refractivity contribution in [2.75, 3.05) is 13.1 Å². The van der Waals surface area contributed by atoms with E-state index in [1.54, 1.807) is 29.2 Å². The van der Waals surface area contributed by atoms with Crippen LogP contribution in [-0.2, 0) is 0 Å². The molecule has 3 nitrogen and oxygen atoms in total. The highest BCUT2D eigenvalue weighted by Gasteiger charge is 2.19. The van der Waals surface area contributed by atoms with Gasteiger partial charge in [-0.3, -0.25) is 0 Å². The van der Waals surface area contributed by atoms with Crippen molar-refractivity contribution in [2.45, 2.75) is 12.8 Å². The van der Waals surface area contributed by atoms with Gasteiger partial charge in [-0.05, 0) is 31.0 Å². The molecule has 1 aliphatic rings. The van der Waals surface area contributed by atoms with Gasteiger partial charge in [0.1, 0.15) is 5.75 Å². The van der Waals surface area contributed by atoms with Crippen LogP contribution in [0.4, 0.5) is 4.79 Å². The summed E-state index contributed by atoms with van der Waals surface area (Å²) in [5.74, 6) is 0.560. The van der Waals surface area contributed by atoms with E-state index in [-0.39, 0.29) is 6.09 Å². The van der Waals surface area contributed by atoms with E-state index in [1.807, 2.05) is 0 Å². The van der Waals surface area contributed by atoms with E-state index in [9.17, 15) is 4.79 Å². The fourth-order valence-corrected chi connectivity index (χ4v) is 1.51. The first-order valence-electron chi connectivity index (χ1n) is 4.79. The predicted molar refractivity (Wildman–Crippen MR) is 52.1 cm³/mol. The van der Waals surface area contributed by atoms with Gasteiger partial charge in [0.15, 0.2) is 0 Å². The maximum atomic E-state index is 11.5. The number of rotatable bonds is 1. The number of hydrogen-bond acceptors (Lipinski definition) is 2. The summed E-state index contributed by atoms with van der Waals surface area (Å²) in [7, 11) is 0. The molecule has 1 fully saturated rings. The Kier molecular flexibility index (Phi) is 2.68. The highest BCUT2D eigenvalue weighted by molar-refractivity contribution is 5.70. The Labute approximate surface area is 83.3 Å². The zero-order chi connectivity index (χ0) is 9.80. The number of carbonyl (C=O) groups is 1. The van der Waals surface area contributed by atoms with Crippen LogP contribution in [0.5, 0.6) is 5.75 Å². The molecule has 0 aliphatic carbocycles. The van der Waals surface area contributed by atoms with Gasteiger partial charge in [0, 0.05) is 13.1 Å². The summed E-state index contributed by atoms with van der Waals surface area (Å²) < 4.78 is 5.15. The summed E-state index contributed by atoms with van der Waals surface area (Å²) in [6.07, 6.45) is 1.91. The SMILES string of the molecule is O=C(Oc1c[c]ccc1)N1CCCC1. The van der Waals surface area contributed by atoms with Crippen molar-refractivity contribution >= 4 is 6.09 Å². The lowest BCUT2D eigenvalue weighted by Gasteiger charge is -2.14. The van der Waals surface area contributed by atoms with Crippen molar-refractivity contribution in [3.8, 4) is 5.75 Å². The molecule has 0 unspecified atom stereocenters. The van der Waals surface area contributed by atoms with E-state index in [0.29, 0.717) is 5.75 Å². The number of amides is 1. The van der Waals surface area contributed by atoms with Gasteiger partial charge < -0.3 is 9.64 Å². The fraction of sp³-hybridized carbons (Fsp3) is 0.364. The summed E-state index contributed by atoms with van der Waals surface area (Å²) >= 11 is 0. The molecule has 3 heteroatoms. The zero-order valence-corrected chi connectivity index (χ0v) is 7.90. The molecule has 1 radical (unpaired) electrons. The first kappa shape index (κ1) is 9.06. The molecule has 73 valence electrons. The number of likely N-dealkylation sites (tertiary alicyclic amines) is 1. The van der Waals surface area contributed by atoms with Gasteiger partial charge in [-0.25, -0.2) is 4.79 Å². The Morgan fingerprint density at radius 3 is 2.86 bits per heavy atom. The van der Waals surface area contributed by atoms with E-state index in [1.165, 1.54) is 0 Å². The molecule has 0 bridgehead atoms. The summed E-state index contributed by atoms with van der Waals surface area (Å²) in [6, 6.07) is 9.85. The van der Waals surface area contributed by atoms with Crippen LogP contribution in [0.15, 0.2) is 24.3 Å². The van der Waals surface area contributed by atoms with E-state index in [4.69, 9.17) is 4.74 Å². The number of nitrogens with zero attached hydrogens (tertiary/aromatic N) is 1. The van der Waals surface area contributed by atoms with Gasteiger partial charge in [-0.15, -0.1) is 0 Å². The molecule has 0 spiro atoms. The normalized spacial score (nSPS) is 15.6. The number of hydrogen-bond donors (Lipinski definition) is 0. The van der Waals surface area contributed by atoms with Crippen molar-refractivity contribution in [1.82, 2.24) is 4.90 Å². The summed E-state index contributed by atoms with van der Waals surface area (Å²) in [4.78, 5) is 13.2. The third-order valence-electron chi connectivity index (χ3n) is 2.25. The van der Waals surface area contributed by atoms with E-state index in [0.717, 1.165) is 25.9 Å². The number of carbonyl (C=O) groups excluding carboxylic acids is 1. The van der Waals surface area contributed by atoms with Crippen LogP contribution >= 0.6 is 0 Å². The predicted octanol–water partition coefficient (Wildman–Crippen LogP) is 2.08. The lowest BCUT2D eigenvalue weighted by molar-refractivity contribution is 0.163. The fourth-order valence-electron chi connectivity index (χ4n) is 1.51. The van der Waals surface area contributed by atoms with Crippen molar-refractivity contribution in [3.05, 3.63) is 30.3 Å². The van der Waals surface area contributed by atoms with Gasteiger partial charge in [0.25, 0.3) is 0 Å². The quantitative estimate of drug-likeness (QED) is 0.678. The minimum absolute atomic E-state index is 0.248. The zero-order valence-electron chi connectivity index (χ0n) is 7.90. The molecular formula is C11H12NO2. The number of benzene rings is 1. The minimum atomic E-state index is -0.248. The molecule has 1 saturated heterocycles. The smallest absolute Gasteiger partial charge is 0.410 e. The second kappa shape index (κ2) is 4.13. The van der Waals surface area contributed by atoms with Gasteiger partial charge >= 0.3 is 6.09 Å². The highest BCUT2D eigenvalue weighted by atomic mass is 16.6. The molecule has 1 aromatic rings. The first-order valence-corrected chi connectivity index (χ1v) is 4.79. The molecule has 0 aromatic heterocycles. The maximum Gasteiger partial charge on any atom is 0.415 e. The second-order valence-electron chi connectivity index (χ2n) is 3.30. The van der Waals surface area contributed by atoms with Crippen LogP contribution in [0.25, 0.3) is 0 Å². The van der Waals surface area contributed by atoms with Crippen LogP contribution < -0.4 is 4.74 Å². The van der Waals surface area contributed by atoms with E-state index >= 15 is 0 Å². The average molecular weight is 190 g/mol. The summed E-state index contributed by atoms with van der Waals surface area (Å²) in [5.41, 5.74) is 0. The lowest BCUT2D eigenvalue weighted by atomic mass is 10.3. The molecule has 1 heterocycles. The minimum Gasteiger partial charge on any atom is -0.410 e. The molecule has 2 rings (SSSR count). The first-order chi connectivity index (χ1) is 6.86. The second-order valence-corrected chi connectivity index (χ2v) is 3.30. The molecule has 1 aromatic carbocycles. The van der Waals surface area contributed by atoms with Crippen LogP contribution in [0.3, 0.4) is 0 Å². The maximum absolute atomic E-state index is 11.5. The molecule has 14 heavy (non-hydrogen) atoms. The van der Waals surface area contributed by atoms with E-state index < -0.39 is 0 Å². The topological polar surface area (TPSA) is 29.5 Å². The van der Waals surface area contributed by atoms with Gasteiger partial charge in [0.2, 0.25) is 0 Å².